The van der Waals surface area contributed by atoms with Crippen LogP contribution in [0.4, 0.5) is 5.69 Å². The number of pyridine rings is 1. The molecule has 2 rings (SSSR count). The molecule has 1 N–H and O–H groups in total. The van der Waals surface area contributed by atoms with Crippen LogP contribution in [0.5, 0.6) is 0 Å². The third-order valence-corrected chi connectivity index (χ3v) is 3.40. The SMILES string of the molecule is CN(C)c1cc(CC(=O)[O-])[nH+]c2c(Cl)ccc(Cl)c12. The Balaban J connectivity index is 2.79. The van der Waals surface area contributed by atoms with Crippen molar-refractivity contribution in [1.29, 1.82) is 0 Å². The fraction of sp³-hybridized carbons (Fsp3) is 0.231. The van der Waals surface area contributed by atoms with Crippen molar-refractivity contribution in [2.45, 2.75) is 6.42 Å². The Hall–Kier alpha value is -1.52. The molecule has 6 heteroatoms. The van der Waals surface area contributed by atoms with E-state index in [0.29, 0.717) is 21.3 Å². The van der Waals surface area contributed by atoms with Crippen molar-refractivity contribution in [3.63, 3.8) is 0 Å². The molecular formula is C13H12Cl2N2O2. The Morgan fingerprint density at radius 2 is 1.95 bits per heavy atom. The van der Waals surface area contributed by atoms with Gasteiger partial charge in [0.2, 0.25) is 5.52 Å². The molecule has 0 spiro atoms. The van der Waals surface area contributed by atoms with Gasteiger partial charge in [0.05, 0.1) is 28.5 Å². The zero-order valence-electron chi connectivity index (χ0n) is 10.5. The Morgan fingerprint density at radius 3 is 2.53 bits per heavy atom. The maximum atomic E-state index is 10.7. The Morgan fingerprint density at radius 1 is 1.32 bits per heavy atom. The average molecular weight is 299 g/mol. The molecule has 19 heavy (non-hydrogen) atoms. The number of fused-ring (bicyclic) bond motifs is 1. The van der Waals surface area contributed by atoms with Gasteiger partial charge in [-0.2, -0.15) is 0 Å². The minimum absolute atomic E-state index is 0.209. The number of aromatic amines is 1. The molecule has 0 aliphatic heterocycles. The summed E-state index contributed by atoms with van der Waals surface area (Å²) in [5, 5.41) is 12.5. The summed E-state index contributed by atoms with van der Waals surface area (Å²) >= 11 is 12.3. The summed E-state index contributed by atoms with van der Waals surface area (Å²) in [5.74, 6) is -1.15. The Kier molecular flexibility index (Phi) is 3.83. The third-order valence-electron chi connectivity index (χ3n) is 2.77. The summed E-state index contributed by atoms with van der Waals surface area (Å²) < 4.78 is 0. The highest BCUT2D eigenvalue weighted by molar-refractivity contribution is 6.40. The minimum atomic E-state index is -1.15. The van der Waals surface area contributed by atoms with Crippen LogP contribution < -0.4 is 15.0 Å². The van der Waals surface area contributed by atoms with Crippen molar-refractivity contribution >= 4 is 45.8 Å². The maximum Gasteiger partial charge on any atom is 0.233 e. The topological polar surface area (TPSA) is 57.5 Å². The number of carboxylic acids is 1. The van der Waals surface area contributed by atoms with E-state index in [1.807, 2.05) is 19.0 Å². The van der Waals surface area contributed by atoms with Gasteiger partial charge >= 0.3 is 0 Å². The van der Waals surface area contributed by atoms with E-state index in [-0.39, 0.29) is 6.42 Å². The molecule has 0 aliphatic carbocycles. The van der Waals surface area contributed by atoms with Crippen LogP contribution in [0.2, 0.25) is 10.0 Å². The zero-order chi connectivity index (χ0) is 14.2. The van der Waals surface area contributed by atoms with Crippen LogP contribution in [0.15, 0.2) is 18.2 Å². The molecule has 4 nitrogen and oxygen atoms in total. The van der Waals surface area contributed by atoms with Gasteiger partial charge in [-0.1, -0.05) is 23.2 Å². The molecule has 2 aromatic rings. The zero-order valence-corrected chi connectivity index (χ0v) is 12.0. The predicted molar refractivity (Wildman–Crippen MR) is 73.6 cm³/mol. The van der Waals surface area contributed by atoms with Crippen LogP contribution >= 0.6 is 23.2 Å². The lowest BCUT2D eigenvalue weighted by molar-refractivity contribution is -0.361. The van der Waals surface area contributed by atoms with Gasteiger partial charge in [0.15, 0.2) is 5.69 Å². The standard InChI is InChI=1S/C13H12Cl2N2O2/c1-17(2)10-5-7(6-11(18)19)16-13-9(15)4-3-8(14)12(10)13/h3-5H,6H2,1-2H3,(H,18,19). The minimum Gasteiger partial charge on any atom is -0.550 e. The first-order valence-electron chi connectivity index (χ1n) is 5.60. The monoisotopic (exact) mass is 298 g/mol. The second kappa shape index (κ2) is 5.23. The highest BCUT2D eigenvalue weighted by Gasteiger charge is 2.18. The van der Waals surface area contributed by atoms with Crippen LogP contribution in [0, 0.1) is 0 Å². The van der Waals surface area contributed by atoms with Crippen molar-refractivity contribution in [3.8, 4) is 0 Å². The number of hydrogen-bond donors (Lipinski definition) is 0. The number of H-pyrrole nitrogens is 1. The summed E-state index contributed by atoms with van der Waals surface area (Å²) in [6.07, 6.45) is -0.209. The third kappa shape index (κ3) is 2.74. The molecule has 0 radical (unpaired) electrons. The van der Waals surface area contributed by atoms with Crippen LogP contribution in [0.1, 0.15) is 5.69 Å². The lowest BCUT2D eigenvalue weighted by atomic mass is 10.1. The number of aliphatic carboxylic acids is 1. The maximum absolute atomic E-state index is 10.7. The number of halogens is 2. The predicted octanol–water partition coefficient (Wildman–Crippen LogP) is 1.32. The molecule has 1 aromatic heterocycles. The fourth-order valence-electron chi connectivity index (χ4n) is 1.96. The van der Waals surface area contributed by atoms with E-state index in [4.69, 9.17) is 23.2 Å². The number of carboxylic acid groups (broad SMARTS) is 1. The number of rotatable bonds is 3. The van der Waals surface area contributed by atoms with Crippen LogP contribution in [0.3, 0.4) is 0 Å². The molecule has 0 bridgehead atoms. The number of aromatic nitrogens is 1. The van der Waals surface area contributed by atoms with E-state index in [0.717, 1.165) is 11.1 Å². The van der Waals surface area contributed by atoms with E-state index in [1.54, 1.807) is 18.2 Å². The molecule has 0 aliphatic rings. The van der Waals surface area contributed by atoms with Gasteiger partial charge in [-0.25, -0.2) is 4.98 Å². The molecular weight excluding hydrogens is 287 g/mol. The molecule has 0 saturated carbocycles. The van der Waals surface area contributed by atoms with Gasteiger partial charge in [0, 0.05) is 20.2 Å². The number of carbonyl (C=O) groups is 1. The molecule has 0 fully saturated rings. The quantitative estimate of drug-likeness (QED) is 0.859. The molecule has 1 aromatic carbocycles. The van der Waals surface area contributed by atoms with Crippen molar-refractivity contribution in [3.05, 3.63) is 33.9 Å². The van der Waals surface area contributed by atoms with Gasteiger partial charge in [-0.15, -0.1) is 0 Å². The summed E-state index contributed by atoms with van der Waals surface area (Å²) in [6, 6.07) is 5.12. The van der Waals surface area contributed by atoms with E-state index in [1.165, 1.54) is 0 Å². The molecule has 100 valence electrons. The molecule has 0 amide bonds. The Bertz CT molecular complexity index is 657. The van der Waals surface area contributed by atoms with Crippen molar-refractivity contribution in [2.24, 2.45) is 0 Å². The number of anilines is 1. The summed E-state index contributed by atoms with van der Waals surface area (Å²) in [6.45, 7) is 0. The lowest BCUT2D eigenvalue weighted by Gasteiger charge is -2.15. The van der Waals surface area contributed by atoms with Gasteiger partial charge in [0.25, 0.3) is 0 Å². The summed E-state index contributed by atoms with van der Waals surface area (Å²) in [5.41, 5.74) is 1.94. The first-order valence-corrected chi connectivity index (χ1v) is 6.36. The van der Waals surface area contributed by atoms with Crippen LogP contribution in [-0.4, -0.2) is 20.1 Å². The molecule has 0 unspecified atom stereocenters. The number of benzene rings is 1. The average Bonchev–Trinajstić information content (AvgIpc) is 2.32. The highest BCUT2D eigenvalue weighted by Crippen LogP contribution is 2.33. The van der Waals surface area contributed by atoms with E-state index in [2.05, 4.69) is 4.98 Å². The number of carbonyl (C=O) groups excluding carboxylic acids is 1. The van der Waals surface area contributed by atoms with Crippen LogP contribution in [-0.2, 0) is 11.2 Å². The smallest absolute Gasteiger partial charge is 0.233 e. The number of nitrogens with one attached hydrogen (secondary N) is 1. The number of nitrogens with zero attached hydrogens (tertiary/aromatic N) is 1. The van der Waals surface area contributed by atoms with Crippen molar-refractivity contribution in [1.82, 2.24) is 0 Å². The molecule has 0 saturated heterocycles. The largest absolute Gasteiger partial charge is 0.550 e. The van der Waals surface area contributed by atoms with Crippen LogP contribution in [0.25, 0.3) is 10.9 Å². The Labute approximate surface area is 120 Å². The molecule has 0 atom stereocenters. The second-order valence-corrected chi connectivity index (χ2v) is 5.22. The first-order chi connectivity index (χ1) is 8.90. The first kappa shape index (κ1) is 13.9. The molecule has 1 heterocycles. The van der Waals surface area contributed by atoms with Gasteiger partial charge in [-0.05, 0) is 12.1 Å². The second-order valence-electron chi connectivity index (χ2n) is 4.40. The lowest BCUT2D eigenvalue weighted by Crippen LogP contribution is -2.28. The normalized spacial score (nSPS) is 10.7. The number of hydrogen-bond acceptors (Lipinski definition) is 3. The van der Waals surface area contributed by atoms with Crippen molar-refractivity contribution in [2.75, 3.05) is 19.0 Å². The van der Waals surface area contributed by atoms with Gasteiger partial charge in [0.1, 0.15) is 5.02 Å². The summed E-state index contributed by atoms with van der Waals surface area (Å²) in [4.78, 5) is 15.6. The fourth-order valence-corrected chi connectivity index (χ4v) is 2.42. The van der Waals surface area contributed by atoms with Gasteiger partial charge in [-0.3, -0.25) is 0 Å². The summed E-state index contributed by atoms with van der Waals surface area (Å²) in [7, 11) is 3.71. The van der Waals surface area contributed by atoms with E-state index in [9.17, 15) is 9.90 Å². The highest BCUT2D eigenvalue weighted by atomic mass is 35.5. The van der Waals surface area contributed by atoms with E-state index >= 15 is 0 Å². The van der Waals surface area contributed by atoms with Gasteiger partial charge < -0.3 is 14.8 Å². The van der Waals surface area contributed by atoms with Crippen molar-refractivity contribution < 1.29 is 14.9 Å². The van der Waals surface area contributed by atoms with E-state index < -0.39 is 5.97 Å².